The molecule has 0 N–H and O–H groups in total. The Kier molecular flexibility index (Phi) is 3.51. The van der Waals surface area contributed by atoms with Gasteiger partial charge >= 0.3 is 6.09 Å². The molecule has 0 heterocycles. The Morgan fingerprint density at radius 1 is 1.29 bits per heavy atom. The van der Waals surface area contributed by atoms with E-state index in [4.69, 9.17) is 4.74 Å². The van der Waals surface area contributed by atoms with Crippen molar-refractivity contribution >= 4 is 6.09 Å². The third-order valence-electron chi connectivity index (χ3n) is 1.85. The van der Waals surface area contributed by atoms with Crippen LogP contribution in [0.1, 0.15) is 11.1 Å². The van der Waals surface area contributed by atoms with Gasteiger partial charge in [-0.25, -0.2) is 4.79 Å². The zero-order valence-corrected chi connectivity index (χ0v) is 8.78. The summed E-state index contributed by atoms with van der Waals surface area (Å²) in [5.74, 6) is 0. The first-order valence-electron chi connectivity index (χ1n) is 4.49. The van der Waals surface area contributed by atoms with Gasteiger partial charge in [0, 0.05) is 14.1 Å². The molecule has 0 unspecified atom stereocenters. The van der Waals surface area contributed by atoms with Gasteiger partial charge in [0.1, 0.15) is 6.61 Å². The van der Waals surface area contributed by atoms with Crippen LogP contribution < -0.4 is 0 Å². The maximum atomic E-state index is 11.1. The molecule has 0 radical (unpaired) electrons. The van der Waals surface area contributed by atoms with Crippen LogP contribution in [0, 0.1) is 6.92 Å². The second-order valence-electron chi connectivity index (χ2n) is 3.43. The Morgan fingerprint density at radius 2 is 1.86 bits per heavy atom. The van der Waals surface area contributed by atoms with Crippen molar-refractivity contribution in [3.05, 3.63) is 35.4 Å². The van der Waals surface area contributed by atoms with Gasteiger partial charge in [-0.3, -0.25) is 0 Å². The molecule has 1 rings (SSSR count). The molecule has 0 atom stereocenters. The van der Waals surface area contributed by atoms with Gasteiger partial charge in [-0.05, 0) is 12.5 Å². The normalized spacial score (nSPS) is 9.64. The smallest absolute Gasteiger partial charge is 0.409 e. The van der Waals surface area contributed by atoms with Gasteiger partial charge in [-0.2, -0.15) is 0 Å². The highest BCUT2D eigenvalue weighted by molar-refractivity contribution is 5.66. The predicted octanol–water partition coefficient (Wildman–Crippen LogP) is 2.19. The van der Waals surface area contributed by atoms with Gasteiger partial charge in [-0.15, -0.1) is 0 Å². The molecule has 0 aromatic heterocycles. The Bertz CT molecular complexity index is 304. The maximum absolute atomic E-state index is 11.1. The number of hydrogen-bond acceptors (Lipinski definition) is 2. The highest BCUT2D eigenvalue weighted by atomic mass is 16.6. The summed E-state index contributed by atoms with van der Waals surface area (Å²) in [6, 6.07) is 7.91. The Balaban J connectivity index is 2.46. The minimum atomic E-state index is -0.314. The minimum Gasteiger partial charge on any atom is -0.445 e. The van der Waals surface area contributed by atoms with Crippen molar-refractivity contribution in [2.75, 3.05) is 14.1 Å². The first-order chi connectivity index (χ1) is 6.59. The van der Waals surface area contributed by atoms with Crippen molar-refractivity contribution in [3.8, 4) is 0 Å². The molecule has 0 saturated carbocycles. The van der Waals surface area contributed by atoms with Gasteiger partial charge in [0.2, 0.25) is 0 Å². The summed E-state index contributed by atoms with van der Waals surface area (Å²) in [6.07, 6.45) is -0.314. The summed E-state index contributed by atoms with van der Waals surface area (Å²) in [5.41, 5.74) is 2.21. The SMILES string of the molecule is Cc1ccc(COC(=O)N(C)C)cc1. The molecule has 0 aliphatic rings. The van der Waals surface area contributed by atoms with E-state index < -0.39 is 0 Å². The summed E-state index contributed by atoms with van der Waals surface area (Å²) in [5, 5.41) is 0. The van der Waals surface area contributed by atoms with E-state index in [1.54, 1.807) is 14.1 Å². The summed E-state index contributed by atoms with van der Waals surface area (Å²) in [6.45, 7) is 2.35. The molecule has 1 aromatic rings. The Labute approximate surface area is 84.3 Å². The average Bonchev–Trinajstić information content (AvgIpc) is 2.16. The maximum Gasteiger partial charge on any atom is 0.409 e. The first kappa shape index (κ1) is 10.6. The molecular weight excluding hydrogens is 178 g/mol. The van der Waals surface area contributed by atoms with Crippen LogP contribution in [0.2, 0.25) is 0 Å². The number of hydrogen-bond donors (Lipinski definition) is 0. The van der Waals surface area contributed by atoms with E-state index in [0.717, 1.165) is 5.56 Å². The van der Waals surface area contributed by atoms with E-state index in [-0.39, 0.29) is 6.09 Å². The predicted molar refractivity (Wildman–Crippen MR) is 55.1 cm³/mol. The van der Waals surface area contributed by atoms with Crippen LogP contribution in [-0.2, 0) is 11.3 Å². The second kappa shape index (κ2) is 4.65. The molecule has 3 heteroatoms. The number of carbonyl (C=O) groups is 1. The molecule has 0 aliphatic heterocycles. The van der Waals surface area contributed by atoms with Crippen molar-refractivity contribution in [1.82, 2.24) is 4.90 Å². The molecule has 3 nitrogen and oxygen atoms in total. The lowest BCUT2D eigenvalue weighted by molar-refractivity contribution is 0.112. The van der Waals surface area contributed by atoms with Crippen LogP contribution in [-0.4, -0.2) is 25.1 Å². The molecule has 0 aliphatic carbocycles. The summed E-state index contributed by atoms with van der Waals surface area (Å²) < 4.78 is 5.02. The topological polar surface area (TPSA) is 29.5 Å². The molecule has 0 saturated heterocycles. The van der Waals surface area contributed by atoms with Crippen molar-refractivity contribution in [2.24, 2.45) is 0 Å². The van der Waals surface area contributed by atoms with E-state index in [0.29, 0.717) is 6.61 Å². The van der Waals surface area contributed by atoms with E-state index in [2.05, 4.69) is 0 Å². The average molecular weight is 193 g/mol. The first-order valence-corrected chi connectivity index (χ1v) is 4.49. The molecule has 1 amide bonds. The van der Waals surface area contributed by atoms with Gasteiger partial charge in [0.15, 0.2) is 0 Å². The summed E-state index contributed by atoms with van der Waals surface area (Å²) >= 11 is 0. The fourth-order valence-electron chi connectivity index (χ4n) is 0.958. The van der Waals surface area contributed by atoms with Crippen LogP contribution in [0.25, 0.3) is 0 Å². The quantitative estimate of drug-likeness (QED) is 0.720. The number of aryl methyl sites for hydroxylation is 1. The zero-order chi connectivity index (χ0) is 10.6. The Morgan fingerprint density at radius 3 is 2.36 bits per heavy atom. The van der Waals surface area contributed by atoms with Crippen LogP contribution in [0.3, 0.4) is 0 Å². The number of nitrogens with zero attached hydrogens (tertiary/aromatic N) is 1. The highest BCUT2D eigenvalue weighted by Gasteiger charge is 2.03. The molecule has 76 valence electrons. The fourth-order valence-corrected chi connectivity index (χ4v) is 0.958. The number of carbonyl (C=O) groups excluding carboxylic acids is 1. The van der Waals surface area contributed by atoms with E-state index in [1.807, 2.05) is 31.2 Å². The van der Waals surface area contributed by atoms with E-state index >= 15 is 0 Å². The van der Waals surface area contributed by atoms with E-state index in [9.17, 15) is 4.79 Å². The standard InChI is InChI=1S/C11H15NO2/c1-9-4-6-10(7-5-9)8-14-11(13)12(2)3/h4-7H,8H2,1-3H3. The van der Waals surface area contributed by atoms with Crippen LogP contribution in [0.15, 0.2) is 24.3 Å². The number of ether oxygens (including phenoxy) is 1. The van der Waals surface area contributed by atoms with Crippen molar-refractivity contribution in [2.45, 2.75) is 13.5 Å². The second-order valence-corrected chi connectivity index (χ2v) is 3.43. The number of benzene rings is 1. The van der Waals surface area contributed by atoms with Gasteiger partial charge in [-0.1, -0.05) is 29.8 Å². The molecule has 1 aromatic carbocycles. The lowest BCUT2D eigenvalue weighted by atomic mass is 10.2. The number of amides is 1. The summed E-state index contributed by atoms with van der Waals surface area (Å²) in [7, 11) is 3.33. The lowest BCUT2D eigenvalue weighted by Crippen LogP contribution is -2.22. The van der Waals surface area contributed by atoms with Crippen molar-refractivity contribution in [3.63, 3.8) is 0 Å². The van der Waals surface area contributed by atoms with Crippen LogP contribution in [0.4, 0.5) is 4.79 Å². The fraction of sp³-hybridized carbons (Fsp3) is 0.364. The summed E-state index contributed by atoms with van der Waals surface area (Å²) in [4.78, 5) is 12.5. The van der Waals surface area contributed by atoms with Gasteiger partial charge in [0.25, 0.3) is 0 Å². The van der Waals surface area contributed by atoms with Crippen LogP contribution in [0.5, 0.6) is 0 Å². The zero-order valence-electron chi connectivity index (χ0n) is 8.78. The Hall–Kier alpha value is -1.51. The van der Waals surface area contributed by atoms with Crippen LogP contribution >= 0.6 is 0 Å². The monoisotopic (exact) mass is 193 g/mol. The molecule has 14 heavy (non-hydrogen) atoms. The molecule has 0 bridgehead atoms. The van der Waals surface area contributed by atoms with Gasteiger partial charge < -0.3 is 9.64 Å². The van der Waals surface area contributed by atoms with Gasteiger partial charge in [0.05, 0.1) is 0 Å². The third kappa shape index (κ3) is 3.09. The van der Waals surface area contributed by atoms with E-state index in [1.165, 1.54) is 10.5 Å². The molecule has 0 fully saturated rings. The molecule has 0 spiro atoms. The van der Waals surface area contributed by atoms with Crippen molar-refractivity contribution < 1.29 is 9.53 Å². The van der Waals surface area contributed by atoms with Crippen molar-refractivity contribution in [1.29, 1.82) is 0 Å². The highest BCUT2D eigenvalue weighted by Crippen LogP contribution is 2.04. The largest absolute Gasteiger partial charge is 0.445 e. The molecular formula is C11H15NO2. The number of rotatable bonds is 2. The third-order valence-corrected chi connectivity index (χ3v) is 1.85. The lowest BCUT2D eigenvalue weighted by Gasteiger charge is -2.10. The minimum absolute atomic E-state index is 0.314.